The molecule has 1 aliphatic heterocycles. The number of amides is 1. The van der Waals surface area contributed by atoms with E-state index in [0.29, 0.717) is 5.69 Å². The van der Waals surface area contributed by atoms with Gasteiger partial charge in [0, 0.05) is 11.3 Å². The summed E-state index contributed by atoms with van der Waals surface area (Å²) in [6.45, 7) is 6.66. The van der Waals surface area contributed by atoms with Crippen molar-refractivity contribution in [1.82, 2.24) is 0 Å². The average molecular weight is 313 g/mol. The Hall–Kier alpha value is -1.20. The van der Waals surface area contributed by atoms with Crippen LogP contribution in [0.5, 0.6) is 0 Å². The highest BCUT2D eigenvalue weighted by molar-refractivity contribution is 7.56. The minimum absolute atomic E-state index is 0.208. The fraction of sp³-hybridized carbons (Fsp3) is 0.500. The summed E-state index contributed by atoms with van der Waals surface area (Å²) >= 11 is 0. The maximum atomic E-state index is 13.2. The van der Waals surface area contributed by atoms with Crippen molar-refractivity contribution in [1.29, 1.82) is 0 Å². The number of aliphatic hydroxyl groups is 1. The molecule has 0 bridgehead atoms. The molecule has 0 saturated carbocycles. The summed E-state index contributed by atoms with van der Waals surface area (Å²) < 4.78 is 23.9. The molecule has 0 unspecified atom stereocenters. The van der Waals surface area contributed by atoms with Crippen LogP contribution in [0.3, 0.4) is 0 Å². The lowest BCUT2D eigenvalue weighted by molar-refractivity contribution is -0.128. The van der Waals surface area contributed by atoms with E-state index in [0.717, 1.165) is 0 Å². The van der Waals surface area contributed by atoms with Gasteiger partial charge in [-0.3, -0.25) is 9.36 Å². The van der Waals surface area contributed by atoms with Gasteiger partial charge in [0.2, 0.25) is 0 Å². The number of fused-ring (bicyclic) bond motifs is 1. The molecule has 6 nitrogen and oxygen atoms in total. The van der Waals surface area contributed by atoms with Gasteiger partial charge in [0.05, 0.1) is 12.2 Å². The van der Waals surface area contributed by atoms with E-state index in [4.69, 9.17) is 9.05 Å². The van der Waals surface area contributed by atoms with E-state index in [2.05, 4.69) is 5.32 Å². The van der Waals surface area contributed by atoms with Crippen LogP contribution in [0, 0.1) is 0 Å². The maximum Gasteiger partial charge on any atom is 0.377 e. The van der Waals surface area contributed by atoms with E-state index in [-0.39, 0.29) is 5.56 Å². The zero-order valence-electron chi connectivity index (χ0n) is 12.5. The highest BCUT2D eigenvalue weighted by Crippen LogP contribution is 2.67. The second-order valence-corrected chi connectivity index (χ2v) is 7.54. The molecule has 1 aromatic carbocycles. The van der Waals surface area contributed by atoms with Crippen molar-refractivity contribution in [3.8, 4) is 0 Å². The summed E-state index contributed by atoms with van der Waals surface area (Å²) in [5, 5.41) is 11.1. The third-order valence-corrected chi connectivity index (χ3v) is 5.60. The lowest BCUT2D eigenvalue weighted by Gasteiger charge is -2.32. The highest BCUT2D eigenvalue weighted by Gasteiger charge is 2.62. The SMILES string of the molecule is CC(C)OP(=O)(OC(C)C)[C@@]1(O)C(=O)Nc2ccccc21. The standard InChI is InChI=1S/C14H20NO5P/c1-9(2)19-21(18,20-10(3)4)14(17)11-7-5-6-8-12(11)15-13(14)16/h5-10,17H,1-4H3,(H,15,16)/t14-/m1/s1. The first-order valence-corrected chi connectivity index (χ1v) is 8.35. The molecule has 7 heteroatoms. The summed E-state index contributed by atoms with van der Waals surface area (Å²) in [5.74, 6) is -0.798. The summed E-state index contributed by atoms with van der Waals surface area (Å²) in [5.41, 5.74) is 0.615. The van der Waals surface area contributed by atoms with E-state index in [9.17, 15) is 14.5 Å². The van der Waals surface area contributed by atoms with E-state index >= 15 is 0 Å². The van der Waals surface area contributed by atoms with Gasteiger partial charge in [-0.25, -0.2) is 0 Å². The van der Waals surface area contributed by atoms with Gasteiger partial charge < -0.3 is 19.5 Å². The number of hydrogen-bond acceptors (Lipinski definition) is 5. The highest BCUT2D eigenvalue weighted by atomic mass is 31.2. The molecule has 1 atom stereocenters. The van der Waals surface area contributed by atoms with Crippen LogP contribution in [0.1, 0.15) is 33.3 Å². The van der Waals surface area contributed by atoms with Crippen LogP contribution in [0.2, 0.25) is 0 Å². The van der Waals surface area contributed by atoms with Gasteiger partial charge in [0.1, 0.15) is 0 Å². The van der Waals surface area contributed by atoms with Crippen molar-refractivity contribution in [2.24, 2.45) is 0 Å². The minimum Gasteiger partial charge on any atom is -0.366 e. The number of rotatable bonds is 5. The molecule has 1 amide bonds. The molecule has 2 N–H and O–H groups in total. The van der Waals surface area contributed by atoms with Gasteiger partial charge in [-0.2, -0.15) is 0 Å². The number of nitrogens with one attached hydrogen (secondary N) is 1. The fourth-order valence-electron chi connectivity index (χ4n) is 2.23. The number of hydrogen-bond donors (Lipinski definition) is 2. The molecule has 1 heterocycles. The van der Waals surface area contributed by atoms with Gasteiger partial charge in [-0.15, -0.1) is 0 Å². The van der Waals surface area contributed by atoms with Crippen LogP contribution < -0.4 is 5.32 Å². The zero-order chi connectivity index (χ0) is 15.8. The molecule has 1 aliphatic rings. The van der Waals surface area contributed by atoms with E-state index < -0.39 is 31.1 Å². The third-order valence-electron chi connectivity index (χ3n) is 2.96. The van der Waals surface area contributed by atoms with Crippen LogP contribution in [0.25, 0.3) is 0 Å². The monoisotopic (exact) mass is 313 g/mol. The van der Waals surface area contributed by atoms with Gasteiger partial charge in [-0.1, -0.05) is 18.2 Å². The lowest BCUT2D eigenvalue weighted by atomic mass is 10.1. The molecule has 0 aromatic heterocycles. The van der Waals surface area contributed by atoms with E-state index in [1.54, 1.807) is 45.9 Å². The number of benzene rings is 1. The van der Waals surface area contributed by atoms with Gasteiger partial charge in [0.15, 0.2) is 0 Å². The Bertz CT molecular complexity index is 587. The van der Waals surface area contributed by atoms with Crippen LogP contribution in [-0.4, -0.2) is 23.2 Å². The molecule has 116 valence electrons. The van der Waals surface area contributed by atoms with Crippen LogP contribution in [0.15, 0.2) is 24.3 Å². The number of carbonyl (C=O) groups is 1. The lowest BCUT2D eigenvalue weighted by Crippen LogP contribution is -2.37. The van der Waals surface area contributed by atoms with E-state index in [1.807, 2.05) is 0 Å². The molecule has 1 aromatic rings. The predicted octanol–water partition coefficient (Wildman–Crippen LogP) is 2.83. The van der Waals surface area contributed by atoms with Gasteiger partial charge in [0.25, 0.3) is 11.2 Å². The van der Waals surface area contributed by atoms with Crippen LogP contribution >= 0.6 is 7.60 Å². The molecular formula is C14H20NO5P. The molecular weight excluding hydrogens is 293 g/mol. The van der Waals surface area contributed by atoms with Gasteiger partial charge in [-0.05, 0) is 33.8 Å². The Labute approximate surface area is 124 Å². The molecule has 0 aliphatic carbocycles. The van der Waals surface area contributed by atoms with Crippen molar-refractivity contribution in [2.45, 2.75) is 45.2 Å². The summed E-state index contributed by atoms with van der Waals surface area (Å²) in [6.07, 6.45) is -0.946. The molecule has 0 saturated heterocycles. The van der Waals surface area contributed by atoms with Gasteiger partial charge >= 0.3 is 7.60 Å². The smallest absolute Gasteiger partial charge is 0.366 e. The summed E-state index contributed by atoms with van der Waals surface area (Å²) in [7, 11) is -4.14. The van der Waals surface area contributed by atoms with Crippen molar-refractivity contribution in [3.63, 3.8) is 0 Å². The molecule has 0 spiro atoms. The predicted molar refractivity (Wildman–Crippen MR) is 79.0 cm³/mol. The first-order chi connectivity index (χ1) is 9.70. The van der Waals surface area contributed by atoms with Crippen molar-refractivity contribution >= 4 is 19.2 Å². The second-order valence-electron chi connectivity index (χ2n) is 5.48. The Balaban J connectivity index is 2.58. The summed E-state index contributed by atoms with van der Waals surface area (Å²) in [6, 6.07) is 6.52. The number of para-hydroxylation sites is 1. The average Bonchev–Trinajstić information content (AvgIpc) is 2.61. The maximum absolute atomic E-state index is 13.2. The fourth-order valence-corrected chi connectivity index (χ4v) is 4.49. The Morgan fingerprint density at radius 2 is 1.67 bits per heavy atom. The minimum atomic E-state index is -4.14. The summed E-state index contributed by atoms with van der Waals surface area (Å²) in [4.78, 5) is 12.3. The Morgan fingerprint density at radius 3 is 2.19 bits per heavy atom. The quantitative estimate of drug-likeness (QED) is 0.817. The third kappa shape index (κ3) is 2.64. The Morgan fingerprint density at radius 1 is 1.14 bits per heavy atom. The van der Waals surface area contributed by atoms with Crippen molar-refractivity contribution in [2.75, 3.05) is 5.32 Å². The number of carbonyl (C=O) groups excluding carboxylic acids is 1. The zero-order valence-corrected chi connectivity index (χ0v) is 13.4. The first-order valence-electron chi connectivity index (χ1n) is 6.81. The molecule has 21 heavy (non-hydrogen) atoms. The molecule has 0 radical (unpaired) electrons. The topological polar surface area (TPSA) is 84.9 Å². The molecule has 2 rings (SSSR count). The van der Waals surface area contributed by atoms with E-state index in [1.165, 1.54) is 6.07 Å². The van der Waals surface area contributed by atoms with Crippen LogP contribution in [0.4, 0.5) is 5.69 Å². The Kier molecular flexibility index (Phi) is 4.26. The second kappa shape index (κ2) is 5.54. The number of anilines is 1. The van der Waals surface area contributed by atoms with Crippen molar-refractivity contribution < 1.29 is 23.5 Å². The first kappa shape index (κ1) is 16.2. The largest absolute Gasteiger partial charge is 0.377 e. The van der Waals surface area contributed by atoms with Crippen molar-refractivity contribution in [3.05, 3.63) is 29.8 Å². The normalized spacial score (nSPS) is 21.8. The molecule has 0 fully saturated rings. The van der Waals surface area contributed by atoms with Crippen LogP contribution in [-0.2, 0) is 23.7 Å².